The number of hydrogen-bond acceptors (Lipinski definition) is 3. The van der Waals surface area contributed by atoms with E-state index in [9.17, 15) is 4.79 Å². The third-order valence-corrected chi connectivity index (χ3v) is 5.27. The van der Waals surface area contributed by atoms with Crippen LogP contribution in [0.2, 0.25) is 0 Å². The van der Waals surface area contributed by atoms with Gasteiger partial charge >= 0.3 is 0 Å². The molecule has 3 heteroatoms. The van der Waals surface area contributed by atoms with E-state index in [2.05, 4.69) is 27.7 Å². The first-order chi connectivity index (χ1) is 10.5. The minimum atomic E-state index is -0.631. The third kappa shape index (κ3) is 4.42. The number of ketones is 1. The first-order valence-electron chi connectivity index (χ1n) is 8.99. The third-order valence-electron chi connectivity index (χ3n) is 5.27. The van der Waals surface area contributed by atoms with Crippen LogP contribution in [0.3, 0.4) is 0 Å². The number of rotatable bonds is 7. The Balaban J connectivity index is 1.83. The summed E-state index contributed by atoms with van der Waals surface area (Å²) >= 11 is 0. The van der Waals surface area contributed by atoms with Gasteiger partial charge in [0.1, 0.15) is 0 Å². The van der Waals surface area contributed by atoms with Crippen LogP contribution < -0.4 is 0 Å². The Hall–Kier alpha value is -0.670. The van der Waals surface area contributed by atoms with Gasteiger partial charge in [-0.25, -0.2) is 0 Å². The molecule has 0 unspecified atom stereocenters. The van der Waals surface area contributed by atoms with Crippen LogP contribution in [-0.4, -0.2) is 24.8 Å². The molecule has 0 aromatic carbocycles. The van der Waals surface area contributed by atoms with Crippen molar-refractivity contribution in [3.63, 3.8) is 0 Å². The van der Waals surface area contributed by atoms with E-state index in [1.165, 1.54) is 36.8 Å². The molecule has 1 aliphatic carbocycles. The number of unbranched alkanes of at least 4 members (excludes halogenated alkanes) is 3. The van der Waals surface area contributed by atoms with Gasteiger partial charge in [0.05, 0.1) is 12.7 Å². The van der Waals surface area contributed by atoms with Gasteiger partial charge in [0.15, 0.2) is 5.78 Å². The maximum Gasteiger partial charge on any atom is 0.218 e. The highest BCUT2D eigenvalue weighted by molar-refractivity contribution is 5.85. The van der Waals surface area contributed by atoms with E-state index in [1.807, 2.05) is 0 Å². The number of allylic oxidation sites excluding steroid dienone is 2. The smallest absolute Gasteiger partial charge is 0.218 e. The Bertz CT molecular complexity index is 413. The monoisotopic (exact) mass is 308 g/mol. The summed E-state index contributed by atoms with van der Waals surface area (Å²) in [7, 11) is 0. The molecule has 1 fully saturated rings. The molecule has 1 aliphatic heterocycles. The van der Waals surface area contributed by atoms with Crippen LogP contribution in [0.1, 0.15) is 72.6 Å². The normalized spacial score (nSPS) is 30.4. The molecular weight excluding hydrogens is 276 g/mol. The largest absolute Gasteiger partial charge is 0.346 e. The van der Waals surface area contributed by atoms with Crippen molar-refractivity contribution in [1.29, 1.82) is 0 Å². The van der Waals surface area contributed by atoms with Gasteiger partial charge in [0, 0.05) is 5.92 Å². The lowest BCUT2D eigenvalue weighted by Gasteiger charge is -2.39. The molecule has 0 aromatic heterocycles. The molecule has 126 valence electrons. The van der Waals surface area contributed by atoms with Crippen molar-refractivity contribution in [3.8, 4) is 0 Å². The summed E-state index contributed by atoms with van der Waals surface area (Å²) in [4.78, 5) is 12.7. The first-order valence-corrected chi connectivity index (χ1v) is 8.99. The van der Waals surface area contributed by atoms with Crippen LogP contribution in [0.25, 0.3) is 0 Å². The van der Waals surface area contributed by atoms with Gasteiger partial charge in [-0.1, -0.05) is 43.8 Å². The van der Waals surface area contributed by atoms with Crippen LogP contribution in [0, 0.1) is 11.8 Å². The van der Waals surface area contributed by atoms with Crippen molar-refractivity contribution in [1.82, 2.24) is 0 Å². The molecule has 1 saturated heterocycles. The van der Waals surface area contributed by atoms with Gasteiger partial charge in [0.2, 0.25) is 6.29 Å². The van der Waals surface area contributed by atoms with E-state index in [0.29, 0.717) is 12.5 Å². The van der Waals surface area contributed by atoms with Crippen molar-refractivity contribution in [2.45, 2.75) is 85.0 Å². The molecule has 0 radical (unpaired) electrons. The highest BCUT2D eigenvalue weighted by atomic mass is 16.7. The lowest BCUT2D eigenvalue weighted by Crippen LogP contribution is -2.46. The number of fused-ring (bicyclic) bond motifs is 1. The van der Waals surface area contributed by atoms with Gasteiger partial charge in [-0.05, 0) is 46.0 Å². The summed E-state index contributed by atoms with van der Waals surface area (Å²) in [5.41, 5.74) is 2.81. The fourth-order valence-corrected chi connectivity index (χ4v) is 3.60. The number of ether oxygens (including phenoxy) is 2. The van der Waals surface area contributed by atoms with Gasteiger partial charge in [-0.2, -0.15) is 0 Å². The van der Waals surface area contributed by atoms with Crippen LogP contribution in [-0.2, 0) is 14.3 Å². The van der Waals surface area contributed by atoms with Gasteiger partial charge < -0.3 is 9.47 Å². The molecule has 3 nitrogen and oxygen atoms in total. The number of carbonyl (C=O) groups is 1. The molecule has 0 spiro atoms. The van der Waals surface area contributed by atoms with Crippen LogP contribution in [0.15, 0.2) is 11.1 Å². The van der Waals surface area contributed by atoms with Crippen molar-refractivity contribution >= 4 is 5.78 Å². The predicted octanol–water partition coefficient (Wildman–Crippen LogP) is 4.65. The molecule has 0 saturated carbocycles. The van der Waals surface area contributed by atoms with Crippen molar-refractivity contribution in [2.75, 3.05) is 6.61 Å². The minimum absolute atomic E-state index is 0.101. The number of Topliss-reactive ketones (excluding diaryl/α,β-unsaturated/α-hetero) is 1. The summed E-state index contributed by atoms with van der Waals surface area (Å²) in [6.07, 6.45) is 7.32. The second-order valence-corrected chi connectivity index (χ2v) is 7.20. The number of carbonyl (C=O) groups excluding carboxylic acids is 1. The maximum atomic E-state index is 12.7. The fourth-order valence-electron chi connectivity index (χ4n) is 3.60. The average molecular weight is 308 g/mol. The molecule has 2 aliphatic rings. The molecule has 1 heterocycles. The summed E-state index contributed by atoms with van der Waals surface area (Å²) in [5, 5.41) is 0. The Morgan fingerprint density at radius 1 is 1.18 bits per heavy atom. The quantitative estimate of drug-likeness (QED) is 0.507. The molecule has 0 amide bonds. The molecule has 0 bridgehead atoms. The topological polar surface area (TPSA) is 35.5 Å². The average Bonchev–Trinajstić information content (AvgIpc) is 2.49. The molecule has 4 atom stereocenters. The Labute approximate surface area is 135 Å². The highest BCUT2D eigenvalue weighted by Crippen LogP contribution is 2.38. The second kappa shape index (κ2) is 8.26. The standard InChI is InChI=1S/C19H32O3/c1-5-6-7-8-9-15(4)22-19-18(20)17-11-14(3)13(2)10-16(17)12-21-19/h15-17,19H,5-12H2,1-4H3/t15-,16-,17-,19+/m1/s1. The fraction of sp³-hybridized carbons (Fsp3) is 0.842. The zero-order valence-electron chi connectivity index (χ0n) is 14.7. The van der Waals surface area contributed by atoms with Crippen molar-refractivity contribution in [3.05, 3.63) is 11.1 Å². The van der Waals surface area contributed by atoms with Gasteiger partial charge in [0.25, 0.3) is 0 Å². The van der Waals surface area contributed by atoms with E-state index < -0.39 is 6.29 Å². The molecule has 0 N–H and O–H groups in total. The van der Waals surface area contributed by atoms with E-state index in [1.54, 1.807) is 0 Å². The lowest BCUT2D eigenvalue weighted by molar-refractivity contribution is -0.206. The summed E-state index contributed by atoms with van der Waals surface area (Å²) < 4.78 is 11.7. The Morgan fingerprint density at radius 2 is 1.91 bits per heavy atom. The lowest BCUT2D eigenvalue weighted by atomic mass is 9.73. The maximum absolute atomic E-state index is 12.7. The van der Waals surface area contributed by atoms with Crippen LogP contribution in [0.5, 0.6) is 0 Å². The second-order valence-electron chi connectivity index (χ2n) is 7.20. The zero-order valence-corrected chi connectivity index (χ0v) is 14.7. The summed E-state index contributed by atoms with van der Waals surface area (Å²) in [5.74, 6) is 0.633. The van der Waals surface area contributed by atoms with Crippen LogP contribution >= 0.6 is 0 Å². The van der Waals surface area contributed by atoms with E-state index in [0.717, 1.165) is 19.3 Å². The molecule has 0 aromatic rings. The van der Waals surface area contributed by atoms with Crippen LogP contribution in [0.4, 0.5) is 0 Å². The van der Waals surface area contributed by atoms with Gasteiger partial charge in [-0.15, -0.1) is 0 Å². The Morgan fingerprint density at radius 3 is 2.64 bits per heavy atom. The Kier molecular flexibility index (Phi) is 6.64. The molecular formula is C19H32O3. The van der Waals surface area contributed by atoms with E-state index >= 15 is 0 Å². The zero-order chi connectivity index (χ0) is 16.1. The molecule has 22 heavy (non-hydrogen) atoms. The van der Waals surface area contributed by atoms with E-state index in [4.69, 9.17) is 9.47 Å². The summed E-state index contributed by atoms with van der Waals surface area (Å²) in [6.45, 7) is 9.27. The predicted molar refractivity (Wildman–Crippen MR) is 88.6 cm³/mol. The van der Waals surface area contributed by atoms with E-state index in [-0.39, 0.29) is 17.8 Å². The van der Waals surface area contributed by atoms with Crippen molar-refractivity contribution in [2.24, 2.45) is 11.8 Å². The summed E-state index contributed by atoms with van der Waals surface area (Å²) in [6, 6.07) is 0. The highest BCUT2D eigenvalue weighted by Gasteiger charge is 2.42. The first kappa shape index (κ1) is 17.7. The van der Waals surface area contributed by atoms with Gasteiger partial charge in [-0.3, -0.25) is 4.79 Å². The van der Waals surface area contributed by atoms with Crippen molar-refractivity contribution < 1.29 is 14.3 Å². The number of hydrogen-bond donors (Lipinski definition) is 0. The minimum Gasteiger partial charge on any atom is -0.346 e. The SMILES string of the molecule is CCCCCC[C@@H](C)O[C@@H]1OC[C@H]2CC(C)=C(C)C[C@H]2C1=O. The molecule has 2 rings (SSSR count).